The summed E-state index contributed by atoms with van der Waals surface area (Å²) in [5.41, 5.74) is 2.94. The summed E-state index contributed by atoms with van der Waals surface area (Å²) in [7, 11) is 0. The van der Waals surface area contributed by atoms with Crippen molar-refractivity contribution in [3.63, 3.8) is 0 Å². The number of esters is 1. The van der Waals surface area contributed by atoms with Gasteiger partial charge in [-0.3, -0.25) is 4.79 Å². The second-order valence-corrected chi connectivity index (χ2v) is 8.86. The number of rotatable bonds is 4. The number of nitrogens with zero attached hydrogens (tertiary/aromatic N) is 1. The number of amides is 1. The van der Waals surface area contributed by atoms with Crippen molar-refractivity contribution in [3.05, 3.63) is 70.2 Å². The smallest absolute Gasteiger partial charge is 0.342 e. The van der Waals surface area contributed by atoms with Crippen LogP contribution in [0.2, 0.25) is 0 Å². The monoisotopic (exact) mass is 442 g/mol. The van der Waals surface area contributed by atoms with Crippen LogP contribution in [-0.4, -0.2) is 34.4 Å². The van der Waals surface area contributed by atoms with E-state index in [1.165, 1.54) is 17.2 Å². The van der Waals surface area contributed by atoms with Gasteiger partial charge >= 0.3 is 5.97 Å². The quantitative estimate of drug-likeness (QED) is 0.649. The van der Waals surface area contributed by atoms with Gasteiger partial charge in [-0.1, -0.05) is 26.0 Å². The summed E-state index contributed by atoms with van der Waals surface area (Å²) in [6.07, 6.45) is 4.96. The summed E-state index contributed by atoms with van der Waals surface area (Å²) in [6, 6.07) is 3.01. The molecule has 1 aromatic carbocycles. The maximum absolute atomic E-state index is 13.8. The summed E-state index contributed by atoms with van der Waals surface area (Å²) in [5, 5.41) is 0. The van der Waals surface area contributed by atoms with Gasteiger partial charge in [0.15, 0.2) is 11.6 Å². The van der Waals surface area contributed by atoms with E-state index >= 15 is 0 Å². The topological polar surface area (TPSA) is 62.4 Å². The molecule has 0 spiro atoms. The van der Waals surface area contributed by atoms with E-state index in [9.17, 15) is 18.4 Å². The van der Waals surface area contributed by atoms with Gasteiger partial charge in [-0.25, -0.2) is 13.6 Å². The van der Waals surface area contributed by atoms with Crippen molar-refractivity contribution in [3.8, 4) is 0 Å². The lowest BCUT2D eigenvalue weighted by molar-refractivity contribution is -0.140. The summed E-state index contributed by atoms with van der Waals surface area (Å²) in [6.45, 7) is 11.5. The molecule has 3 rings (SSSR count). The summed E-state index contributed by atoms with van der Waals surface area (Å²) < 4.78 is 32.6. The van der Waals surface area contributed by atoms with Crippen molar-refractivity contribution in [2.45, 2.75) is 53.1 Å². The lowest BCUT2D eigenvalue weighted by atomic mass is 9.80. The Morgan fingerprint density at radius 2 is 1.91 bits per heavy atom. The van der Waals surface area contributed by atoms with E-state index in [4.69, 9.17) is 4.74 Å². The predicted octanol–water partition coefficient (Wildman–Crippen LogP) is 5.36. The van der Waals surface area contributed by atoms with Crippen molar-refractivity contribution >= 4 is 23.5 Å². The molecule has 0 fully saturated rings. The number of halogens is 2. The number of H-pyrrole nitrogens is 1. The molecule has 1 N–H and O–H groups in total. The molecular formula is C25H28F2N2O3. The molecule has 32 heavy (non-hydrogen) atoms. The van der Waals surface area contributed by atoms with Gasteiger partial charge in [0.1, 0.15) is 0 Å². The molecule has 170 valence electrons. The fraction of sp³-hybridized carbons (Fsp3) is 0.360. The number of benzene rings is 1. The molecule has 1 aromatic heterocycles. The van der Waals surface area contributed by atoms with Gasteiger partial charge in [-0.2, -0.15) is 0 Å². The summed E-state index contributed by atoms with van der Waals surface area (Å²) in [5.74, 6) is -3.25. The third-order valence-corrected chi connectivity index (χ3v) is 5.36. The van der Waals surface area contributed by atoms with E-state index < -0.39 is 28.9 Å². The lowest BCUT2D eigenvalue weighted by Gasteiger charge is -2.30. The standard InChI is InChI=1S/C25H28F2N2O3/c1-7-8-17-15(4)28-22-18(24(31)32-14(2)3)12-29(13-25(5,6)21(17)22)23(30)16-9-10-19(26)20(27)11-16/h7-12,14,28H,13H2,1-6H3/b8-7-. The Labute approximate surface area is 186 Å². The second kappa shape index (κ2) is 8.73. The molecule has 0 saturated heterocycles. The molecule has 1 aliphatic rings. The highest BCUT2D eigenvalue weighted by molar-refractivity contribution is 6.17. The first-order chi connectivity index (χ1) is 15.0. The maximum Gasteiger partial charge on any atom is 0.342 e. The van der Waals surface area contributed by atoms with Crippen LogP contribution < -0.4 is 0 Å². The van der Waals surface area contributed by atoms with E-state index in [0.717, 1.165) is 29.0 Å². The number of ether oxygens (including phenoxy) is 1. The van der Waals surface area contributed by atoms with E-state index in [2.05, 4.69) is 4.98 Å². The minimum absolute atomic E-state index is 0.0112. The van der Waals surface area contributed by atoms with Crippen LogP contribution in [0.4, 0.5) is 8.78 Å². The molecule has 5 nitrogen and oxygen atoms in total. The zero-order valence-corrected chi connectivity index (χ0v) is 19.2. The van der Waals surface area contributed by atoms with Crippen molar-refractivity contribution in [1.29, 1.82) is 0 Å². The van der Waals surface area contributed by atoms with Gasteiger partial charge in [0.25, 0.3) is 5.91 Å². The fourth-order valence-electron chi connectivity index (χ4n) is 4.05. The number of carbonyl (C=O) groups excluding carboxylic acids is 2. The number of hydrogen-bond acceptors (Lipinski definition) is 3. The average molecular weight is 443 g/mol. The number of allylic oxidation sites excluding steroid dienone is 1. The van der Waals surface area contributed by atoms with Crippen molar-refractivity contribution in [1.82, 2.24) is 9.88 Å². The molecule has 0 radical (unpaired) electrons. The maximum atomic E-state index is 13.8. The minimum Gasteiger partial charge on any atom is -0.459 e. The number of carbonyl (C=O) groups is 2. The Morgan fingerprint density at radius 1 is 1.22 bits per heavy atom. The largest absolute Gasteiger partial charge is 0.459 e. The Kier molecular flexibility index (Phi) is 6.39. The second-order valence-electron chi connectivity index (χ2n) is 8.86. The molecule has 0 saturated carbocycles. The minimum atomic E-state index is -1.11. The van der Waals surface area contributed by atoms with Gasteiger partial charge < -0.3 is 14.6 Å². The van der Waals surface area contributed by atoms with Crippen LogP contribution in [0.25, 0.3) is 11.6 Å². The SMILES string of the molecule is C/C=C\c1c(C)[nH]c2c1C(C)(C)CN(C(=O)c1ccc(F)c(F)c1)C=C2C(=O)OC(C)C. The Bertz CT molecular complexity index is 1130. The van der Waals surface area contributed by atoms with Crippen LogP contribution in [0.15, 0.2) is 30.5 Å². The molecule has 0 aliphatic carbocycles. The molecule has 0 atom stereocenters. The first-order valence-corrected chi connectivity index (χ1v) is 10.5. The third-order valence-electron chi connectivity index (χ3n) is 5.36. The molecule has 0 bridgehead atoms. The number of aryl methyl sites for hydroxylation is 1. The van der Waals surface area contributed by atoms with Crippen molar-refractivity contribution in [2.75, 3.05) is 6.54 Å². The highest BCUT2D eigenvalue weighted by Crippen LogP contribution is 2.40. The molecule has 7 heteroatoms. The molecule has 2 heterocycles. The first-order valence-electron chi connectivity index (χ1n) is 10.5. The molecule has 1 aliphatic heterocycles. The van der Waals surface area contributed by atoms with E-state index in [-0.39, 0.29) is 23.8 Å². The molecule has 1 amide bonds. The number of hydrogen-bond donors (Lipinski definition) is 1. The van der Waals surface area contributed by atoms with Crippen LogP contribution >= 0.6 is 0 Å². The van der Waals surface area contributed by atoms with Gasteiger partial charge in [0.05, 0.1) is 17.4 Å². The van der Waals surface area contributed by atoms with Crippen LogP contribution in [0, 0.1) is 18.6 Å². The van der Waals surface area contributed by atoms with E-state index in [0.29, 0.717) is 5.69 Å². The van der Waals surface area contributed by atoms with E-state index in [1.807, 2.05) is 39.8 Å². The van der Waals surface area contributed by atoms with Crippen LogP contribution in [0.5, 0.6) is 0 Å². The number of aromatic amines is 1. The average Bonchev–Trinajstić information content (AvgIpc) is 2.97. The van der Waals surface area contributed by atoms with Gasteiger partial charge in [-0.05, 0) is 57.0 Å². The van der Waals surface area contributed by atoms with E-state index in [1.54, 1.807) is 13.8 Å². The Hall–Kier alpha value is -3.22. The summed E-state index contributed by atoms with van der Waals surface area (Å²) in [4.78, 5) is 31.0. The highest BCUT2D eigenvalue weighted by atomic mass is 19.2. The predicted molar refractivity (Wildman–Crippen MR) is 120 cm³/mol. The fourth-order valence-corrected chi connectivity index (χ4v) is 4.05. The third kappa shape index (κ3) is 4.38. The highest BCUT2D eigenvalue weighted by Gasteiger charge is 2.38. The normalized spacial score (nSPS) is 15.5. The van der Waals surface area contributed by atoms with Gasteiger partial charge in [-0.15, -0.1) is 0 Å². The van der Waals surface area contributed by atoms with Crippen molar-refractivity contribution in [2.24, 2.45) is 0 Å². The molecule has 2 aromatic rings. The van der Waals surface area contributed by atoms with Crippen LogP contribution in [-0.2, 0) is 14.9 Å². The van der Waals surface area contributed by atoms with Crippen LogP contribution in [0.1, 0.15) is 67.5 Å². The van der Waals surface area contributed by atoms with Gasteiger partial charge in [0, 0.05) is 29.4 Å². The Balaban J connectivity index is 2.19. The lowest BCUT2D eigenvalue weighted by Crippen LogP contribution is -2.37. The number of nitrogens with one attached hydrogen (secondary N) is 1. The first kappa shape index (κ1) is 23.4. The zero-order valence-electron chi connectivity index (χ0n) is 19.2. The number of fused-ring (bicyclic) bond motifs is 1. The summed E-state index contributed by atoms with van der Waals surface area (Å²) >= 11 is 0. The van der Waals surface area contributed by atoms with Gasteiger partial charge in [0.2, 0.25) is 0 Å². The molecule has 0 unspecified atom stereocenters. The zero-order chi connectivity index (χ0) is 23.8. The van der Waals surface area contributed by atoms with Crippen LogP contribution in [0.3, 0.4) is 0 Å². The van der Waals surface area contributed by atoms with Crippen molar-refractivity contribution < 1.29 is 23.1 Å². The Morgan fingerprint density at radius 3 is 2.50 bits per heavy atom. The number of aromatic nitrogens is 1. The molecular weight excluding hydrogens is 414 g/mol.